The van der Waals surface area contributed by atoms with Gasteiger partial charge >= 0.3 is 11.9 Å². The van der Waals surface area contributed by atoms with Crippen molar-refractivity contribution in [1.29, 1.82) is 0 Å². The molecular formula is C22H19BrN2O4. The maximum absolute atomic E-state index is 12.4. The first-order valence-electron chi connectivity index (χ1n) is 8.96. The van der Waals surface area contributed by atoms with Gasteiger partial charge in [-0.05, 0) is 17.2 Å². The van der Waals surface area contributed by atoms with Gasteiger partial charge in [-0.3, -0.25) is 4.99 Å². The van der Waals surface area contributed by atoms with E-state index in [1.54, 1.807) is 0 Å². The summed E-state index contributed by atoms with van der Waals surface area (Å²) < 4.78 is 6.24. The lowest BCUT2D eigenvalue weighted by molar-refractivity contribution is -0.136. The topological polar surface area (TPSA) is 88.3 Å². The number of nitrogens with zero attached hydrogens (tertiary/aromatic N) is 2. The van der Waals surface area contributed by atoms with Gasteiger partial charge in [0.15, 0.2) is 11.4 Å². The fraction of sp³-hybridized carbons (Fsp3) is 0.182. The van der Waals surface area contributed by atoms with Crippen LogP contribution in [0.5, 0.6) is 0 Å². The van der Waals surface area contributed by atoms with Crippen LogP contribution in [0, 0.1) is 0 Å². The molecule has 0 fully saturated rings. The van der Waals surface area contributed by atoms with Crippen LogP contribution in [0.2, 0.25) is 0 Å². The lowest BCUT2D eigenvalue weighted by Crippen LogP contribution is -2.26. The minimum atomic E-state index is -1.05. The minimum absolute atomic E-state index is 0.122. The second-order valence-corrected chi connectivity index (χ2v) is 7.37. The van der Waals surface area contributed by atoms with Gasteiger partial charge in [-0.25, -0.2) is 14.6 Å². The first-order chi connectivity index (χ1) is 14.0. The summed E-state index contributed by atoms with van der Waals surface area (Å²) in [6.45, 7) is 0.142. The van der Waals surface area contributed by atoms with Crippen LogP contribution < -0.4 is 0 Å². The lowest BCUT2D eigenvalue weighted by Gasteiger charge is -2.22. The molecule has 1 atom stereocenters. The highest BCUT2D eigenvalue weighted by Crippen LogP contribution is 2.30. The summed E-state index contributed by atoms with van der Waals surface area (Å²) in [6, 6.07) is 17.0. The molecule has 0 saturated heterocycles. The number of hydrogen-bond donors (Lipinski definition) is 1. The number of benzene rings is 2. The Kier molecular flexibility index (Phi) is 6.72. The first kappa shape index (κ1) is 20.7. The number of aliphatic imine (C=N–C) groups is 2. The Morgan fingerprint density at radius 1 is 1.10 bits per heavy atom. The van der Waals surface area contributed by atoms with Crippen molar-refractivity contribution in [3.63, 3.8) is 0 Å². The summed E-state index contributed by atoms with van der Waals surface area (Å²) >= 11 is 3.51. The van der Waals surface area contributed by atoms with Crippen LogP contribution >= 0.6 is 15.9 Å². The van der Waals surface area contributed by atoms with E-state index in [9.17, 15) is 9.59 Å². The molecule has 2 aromatic rings. The number of esters is 1. The highest BCUT2D eigenvalue weighted by Gasteiger charge is 2.34. The normalized spacial score (nSPS) is 18.0. The predicted octanol–water partition coefficient (Wildman–Crippen LogP) is 3.99. The number of ether oxygens (including phenoxy) is 1. The van der Waals surface area contributed by atoms with E-state index in [2.05, 4.69) is 25.9 Å². The Balaban J connectivity index is 1.78. The van der Waals surface area contributed by atoms with E-state index in [0.717, 1.165) is 21.7 Å². The van der Waals surface area contributed by atoms with Gasteiger partial charge in [0.05, 0.1) is 6.21 Å². The molecule has 1 N–H and O–H groups in total. The molecule has 2 aromatic carbocycles. The van der Waals surface area contributed by atoms with E-state index < -0.39 is 17.6 Å². The standard InChI is InChI=1S/C22H19BrN2O4/c23-18-10-5-4-9-17(18)13-22(12-6-11-20(26)27)24-14-19(25-22)21(28)29-15-16-7-2-1-3-8-16/h1-11,14H,12-13,15H2,(H,26,27). The van der Waals surface area contributed by atoms with Crippen molar-refractivity contribution in [1.82, 2.24) is 0 Å². The van der Waals surface area contributed by atoms with Gasteiger partial charge in [0.2, 0.25) is 0 Å². The summed E-state index contributed by atoms with van der Waals surface area (Å²) in [6.07, 6.45) is 4.60. The van der Waals surface area contributed by atoms with E-state index in [1.807, 2.05) is 54.6 Å². The number of carbonyl (C=O) groups excluding carboxylic acids is 1. The molecule has 7 heteroatoms. The number of hydrogen-bond acceptors (Lipinski definition) is 5. The summed E-state index contributed by atoms with van der Waals surface area (Å²) in [5, 5.41) is 8.88. The second kappa shape index (κ2) is 9.43. The molecule has 0 bridgehead atoms. The number of aliphatic carboxylic acids is 1. The Morgan fingerprint density at radius 3 is 2.55 bits per heavy atom. The minimum Gasteiger partial charge on any atom is -0.478 e. The molecule has 0 amide bonds. The number of rotatable bonds is 8. The summed E-state index contributed by atoms with van der Waals surface area (Å²) in [5.41, 5.74) is 0.963. The van der Waals surface area contributed by atoms with Crippen molar-refractivity contribution in [2.75, 3.05) is 0 Å². The molecule has 1 heterocycles. The number of carboxylic acid groups (broad SMARTS) is 1. The fourth-order valence-corrected chi connectivity index (χ4v) is 3.33. The van der Waals surface area contributed by atoms with Crippen molar-refractivity contribution in [3.05, 3.63) is 82.3 Å². The Morgan fingerprint density at radius 2 is 1.83 bits per heavy atom. The van der Waals surface area contributed by atoms with Crippen LogP contribution in [0.15, 0.2) is 81.2 Å². The van der Waals surface area contributed by atoms with Gasteiger partial charge < -0.3 is 9.84 Å². The highest BCUT2D eigenvalue weighted by molar-refractivity contribution is 9.10. The molecule has 0 radical (unpaired) electrons. The average molecular weight is 455 g/mol. The van der Waals surface area contributed by atoms with E-state index in [4.69, 9.17) is 9.84 Å². The summed E-state index contributed by atoms with van der Waals surface area (Å²) in [5.74, 6) is -1.61. The third-order valence-corrected chi connectivity index (χ3v) is 5.09. The largest absolute Gasteiger partial charge is 0.478 e. The third kappa shape index (κ3) is 5.71. The lowest BCUT2D eigenvalue weighted by atomic mass is 9.97. The van der Waals surface area contributed by atoms with Crippen LogP contribution in [-0.4, -0.2) is 34.6 Å². The molecule has 29 heavy (non-hydrogen) atoms. The second-order valence-electron chi connectivity index (χ2n) is 6.51. The fourth-order valence-electron chi connectivity index (χ4n) is 2.91. The van der Waals surface area contributed by atoms with Gasteiger partial charge in [0.1, 0.15) is 6.61 Å². The van der Waals surface area contributed by atoms with Crippen molar-refractivity contribution >= 4 is 39.8 Å². The van der Waals surface area contributed by atoms with Crippen molar-refractivity contribution in [3.8, 4) is 0 Å². The molecule has 148 valence electrons. The van der Waals surface area contributed by atoms with E-state index in [0.29, 0.717) is 6.42 Å². The SMILES string of the molecule is O=C(O)C=CCC1(Cc2ccccc2Br)N=CC(C(=O)OCc2ccccc2)=N1. The summed E-state index contributed by atoms with van der Waals surface area (Å²) in [7, 11) is 0. The van der Waals surface area contributed by atoms with Crippen LogP contribution in [0.3, 0.4) is 0 Å². The molecule has 0 saturated carbocycles. The number of carbonyl (C=O) groups is 2. The number of halogens is 1. The van der Waals surface area contributed by atoms with Crippen LogP contribution in [-0.2, 0) is 27.4 Å². The maximum Gasteiger partial charge on any atom is 0.358 e. The van der Waals surface area contributed by atoms with Crippen molar-refractivity contribution < 1.29 is 19.4 Å². The molecule has 0 aliphatic carbocycles. The molecule has 1 aliphatic rings. The van der Waals surface area contributed by atoms with Crippen LogP contribution in [0.1, 0.15) is 17.5 Å². The van der Waals surface area contributed by atoms with Crippen LogP contribution in [0.25, 0.3) is 0 Å². The van der Waals surface area contributed by atoms with Gasteiger partial charge in [-0.15, -0.1) is 0 Å². The molecule has 6 nitrogen and oxygen atoms in total. The Labute approximate surface area is 176 Å². The van der Waals surface area contributed by atoms with E-state index >= 15 is 0 Å². The maximum atomic E-state index is 12.4. The molecular weight excluding hydrogens is 436 g/mol. The van der Waals surface area contributed by atoms with E-state index in [-0.39, 0.29) is 18.7 Å². The molecule has 1 unspecified atom stereocenters. The van der Waals surface area contributed by atoms with Gasteiger partial charge in [0.25, 0.3) is 0 Å². The zero-order valence-electron chi connectivity index (χ0n) is 15.5. The smallest absolute Gasteiger partial charge is 0.358 e. The molecule has 0 aromatic heterocycles. The first-order valence-corrected chi connectivity index (χ1v) is 9.76. The predicted molar refractivity (Wildman–Crippen MR) is 114 cm³/mol. The Hall–Kier alpha value is -3.06. The highest BCUT2D eigenvalue weighted by atomic mass is 79.9. The van der Waals surface area contributed by atoms with Crippen LogP contribution in [0.4, 0.5) is 0 Å². The number of carboxylic acids is 1. The average Bonchev–Trinajstić information content (AvgIpc) is 3.13. The zero-order valence-corrected chi connectivity index (χ0v) is 17.1. The summed E-state index contributed by atoms with van der Waals surface area (Å²) in [4.78, 5) is 32.3. The van der Waals surface area contributed by atoms with Crippen molar-refractivity contribution in [2.45, 2.75) is 25.1 Å². The molecule has 0 spiro atoms. The Bertz CT molecular complexity index is 985. The monoisotopic (exact) mass is 454 g/mol. The van der Waals surface area contributed by atoms with Gasteiger partial charge in [-0.2, -0.15) is 0 Å². The quantitative estimate of drug-likeness (QED) is 0.482. The van der Waals surface area contributed by atoms with E-state index in [1.165, 1.54) is 12.3 Å². The molecule has 1 aliphatic heterocycles. The third-order valence-electron chi connectivity index (χ3n) is 4.31. The van der Waals surface area contributed by atoms with Gasteiger partial charge in [-0.1, -0.05) is 70.5 Å². The molecule has 3 rings (SSSR count). The van der Waals surface area contributed by atoms with Gasteiger partial charge in [0, 0.05) is 23.4 Å². The van der Waals surface area contributed by atoms with Crippen molar-refractivity contribution in [2.24, 2.45) is 9.98 Å². The zero-order chi connectivity index (χ0) is 20.7.